The van der Waals surface area contributed by atoms with Gasteiger partial charge in [-0.25, -0.2) is 8.42 Å². The van der Waals surface area contributed by atoms with Gasteiger partial charge in [-0.3, -0.25) is 0 Å². The summed E-state index contributed by atoms with van der Waals surface area (Å²) < 4.78 is 23.1. The molecule has 0 spiro atoms. The van der Waals surface area contributed by atoms with Crippen molar-refractivity contribution in [3.63, 3.8) is 0 Å². The minimum Gasteiger partial charge on any atom is -0.310 e. The zero-order valence-corrected chi connectivity index (χ0v) is 10.1. The van der Waals surface area contributed by atoms with Crippen molar-refractivity contribution in [2.45, 2.75) is 56.9 Å². The largest absolute Gasteiger partial charge is 0.310 e. The van der Waals surface area contributed by atoms with Crippen molar-refractivity contribution in [1.29, 1.82) is 0 Å². The molecule has 0 bridgehead atoms. The van der Waals surface area contributed by atoms with Crippen LogP contribution in [0.2, 0.25) is 0 Å². The summed E-state index contributed by atoms with van der Waals surface area (Å²) in [5.74, 6) is 0. The molecule has 2 unspecified atom stereocenters. The average molecular weight is 219 g/mol. The second-order valence-corrected chi connectivity index (χ2v) is 6.84. The first kappa shape index (κ1) is 12.0. The smallest absolute Gasteiger partial charge is 0.151 e. The number of sulfone groups is 1. The molecule has 1 N–H and O–H groups in total. The molecule has 0 radical (unpaired) electrons. The van der Waals surface area contributed by atoms with Crippen LogP contribution in [0.4, 0.5) is 0 Å². The molecular formula is C10H21NO2S. The van der Waals surface area contributed by atoms with Crippen molar-refractivity contribution < 1.29 is 8.42 Å². The number of rotatable bonds is 3. The zero-order chi connectivity index (χ0) is 10.8. The normalized spacial score (nSPS) is 29.4. The van der Waals surface area contributed by atoms with Gasteiger partial charge in [-0.05, 0) is 12.8 Å². The Morgan fingerprint density at radius 2 is 1.79 bits per heavy atom. The molecule has 2 atom stereocenters. The van der Waals surface area contributed by atoms with Crippen LogP contribution >= 0.6 is 0 Å². The molecule has 0 aromatic carbocycles. The lowest BCUT2D eigenvalue weighted by molar-refractivity contribution is 0.351. The molecule has 3 nitrogen and oxygen atoms in total. The minimum atomic E-state index is -2.88. The van der Waals surface area contributed by atoms with E-state index < -0.39 is 9.84 Å². The van der Waals surface area contributed by atoms with E-state index in [0.717, 1.165) is 25.7 Å². The molecule has 4 heteroatoms. The van der Waals surface area contributed by atoms with E-state index in [1.165, 1.54) is 6.26 Å². The van der Waals surface area contributed by atoms with E-state index in [-0.39, 0.29) is 11.3 Å². The summed E-state index contributed by atoms with van der Waals surface area (Å²) in [6.45, 7) is 4.13. The van der Waals surface area contributed by atoms with E-state index in [2.05, 4.69) is 19.2 Å². The van der Waals surface area contributed by atoms with Crippen LogP contribution < -0.4 is 5.32 Å². The lowest BCUT2D eigenvalue weighted by Crippen LogP contribution is -2.48. The summed E-state index contributed by atoms with van der Waals surface area (Å²) in [4.78, 5) is 0. The summed E-state index contributed by atoms with van der Waals surface area (Å²) in [6.07, 6.45) is 5.38. The van der Waals surface area contributed by atoms with E-state index in [0.29, 0.717) is 6.04 Å². The Labute approximate surface area is 87.2 Å². The fourth-order valence-corrected chi connectivity index (χ4v) is 3.63. The fraction of sp³-hybridized carbons (Fsp3) is 1.00. The van der Waals surface area contributed by atoms with Crippen LogP contribution in [0.25, 0.3) is 0 Å². The number of hydrogen-bond acceptors (Lipinski definition) is 3. The maximum Gasteiger partial charge on any atom is 0.151 e. The molecule has 1 rings (SSSR count). The van der Waals surface area contributed by atoms with E-state index in [1.54, 1.807) is 0 Å². The van der Waals surface area contributed by atoms with Gasteiger partial charge < -0.3 is 5.32 Å². The van der Waals surface area contributed by atoms with Crippen molar-refractivity contribution in [2.24, 2.45) is 0 Å². The highest BCUT2D eigenvalue weighted by Crippen LogP contribution is 2.24. The predicted octanol–water partition coefficient (Wildman–Crippen LogP) is 1.34. The van der Waals surface area contributed by atoms with Gasteiger partial charge in [0.25, 0.3) is 0 Å². The van der Waals surface area contributed by atoms with Gasteiger partial charge in [0.05, 0.1) is 5.25 Å². The second-order valence-electron chi connectivity index (χ2n) is 4.58. The van der Waals surface area contributed by atoms with Gasteiger partial charge in [-0.1, -0.05) is 26.7 Å². The lowest BCUT2D eigenvalue weighted by Gasteiger charge is -2.32. The Bertz CT molecular complexity index is 272. The quantitative estimate of drug-likeness (QED) is 0.779. The Kier molecular flexibility index (Phi) is 3.95. The van der Waals surface area contributed by atoms with Gasteiger partial charge in [0.1, 0.15) is 0 Å². The van der Waals surface area contributed by atoms with Crippen LogP contribution in [-0.4, -0.2) is 32.0 Å². The summed E-state index contributed by atoms with van der Waals surface area (Å²) >= 11 is 0. The summed E-state index contributed by atoms with van der Waals surface area (Å²) in [7, 11) is -2.88. The van der Waals surface area contributed by atoms with E-state index in [1.807, 2.05) is 0 Å². The Hall–Kier alpha value is -0.0900. The van der Waals surface area contributed by atoms with Gasteiger partial charge in [-0.2, -0.15) is 0 Å². The van der Waals surface area contributed by atoms with Crippen molar-refractivity contribution in [1.82, 2.24) is 5.32 Å². The van der Waals surface area contributed by atoms with E-state index in [9.17, 15) is 8.42 Å². The molecule has 0 aromatic heterocycles. The predicted molar refractivity (Wildman–Crippen MR) is 59.2 cm³/mol. The van der Waals surface area contributed by atoms with Crippen molar-refractivity contribution in [2.75, 3.05) is 6.26 Å². The highest BCUT2D eigenvalue weighted by atomic mass is 32.2. The van der Waals surface area contributed by atoms with Gasteiger partial charge in [0, 0.05) is 18.3 Å². The SMILES string of the molecule is CC(C)NC1CCCCC1S(C)(=O)=O. The van der Waals surface area contributed by atoms with Crippen LogP contribution in [0.3, 0.4) is 0 Å². The molecule has 14 heavy (non-hydrogen) atoms. The standard InChI is InChI=1S/C10H21NO2S/c1-8(2)11-9-6-4-5-7-10(9)14(3,12)13/h8-11H,4-7H2,1-3H3. The van der Waals surface area contributed by atoms with Crippen molar-refractivity contribution in [3.05, 3.63) is 0 Å². The highest BCUT2D eigenvalue weighted by Gasteiger charge is 2.32. The summed E-state index contributed by atoms with van der Waals surface area (Å²) in [5.41, 5.74) is 0. The second kappa shape index (κ2) is 4.62. The van der Waals surface area contributed by atoms with Gasteiger partial charge in [0.15, 0.2) is 9.84 Å². The lowest BCUT2D eigenvalue weighted by atomic mass is 9.94. The third-order valence-corrected chi connectivity index (χ3v) is 4.46. The molecule has 84 valence electrons. The average Bonchev–Trinajstić information content (AvgIpc) is 2.01. The Balaban J connectivity index is 2.69. The maximum atomic E-state index is 11.5. The molecule has 0 saturated heterocycles. The maximum absolute atomic E-state index is 11.5. The van der Waals surface area contributed by atoms with E-state index in [4.69, 9.17) is 0 Å². The fourth-order valence-electron chi connectivity index (χ4n) is 2.23. The topological polar surface area (TPSA) is 46.2 Å². The Morgan fingerprint density at radius 3 is 2.29 bits per heavy atom. The molecular weight excluding hydrogens is 198 g/mol. The molecule has 0 aliphatic heterocycles. The monoisotopic (exact) mass is 219 g/mol. The third kappa shape index (κ3) is 3.24. The Morgan fingerprint density at radius 1 is 1.21 bits per heavy atom. The van der Waals surface area contributed by atoms with Gasteiger partial charge >= 0.3 is 0 Å². The summed E-state index contributed by atoms with van der Waals surface area (Å²) in [6, 6.07) is 0.529. The first-order valence-corrected chi connectivity index (χ1v) is 7.31. The number of nitrogens with one attached hydrogen (secondary N) is 1. The van der Waals surface area contributed by atoms with Crippen LogP contribution in [0.1, 0.15) is 39.5 Å². The van der Waals surface area contributed by atoms with Crippen LogP contribution in [0.15, 0.2) is 0 Å². The molecule has 0 aromatic rings. The van der Waals surface area contributed by atoms with Crippen LogP contribution in [-0.2, 0) is 9.84 Å². The first-order chi connectivity index (χ1) is 6.41. The molecule has 0 heterocycles. The summed E-state index contributed by atoms with van der Waals surface area (Å²) in [5, 5.41) is 3.19. The van der Waals surface area contributed by atoms with Gasteiger partial charge in [0.2, 0.25) is 0 Å². The highest BCUT2D eigenvalue weighted by molar-refractivity contribution is 7.91. The zero-order valence-electron chi connectivity index (χ0n) is 9.29. The molecule has 1 fully saturated rings. The molecule has 0 amide bonds. The molecule has 1 aliphatic rings. The van der Waals surface area contributed by atoms with Crippen LogP contribution in [0, 0.1) is 0 Å². The van der Waals surface area contributed by atoms with E-state index >= 15 is 0 Å². The van der Waals surface area contributed by atoms with Crippen molar-refractivity contribution >= 4 is 9.84 Å². The van der Waals surface area contributed by atoms with Crippen LogP contribution in [0.5, 0.6) is 0 Å². The first-order valence-electron chi connectivity index (χ1n) is 5.36. The third-order valence-electron chi connectivity index (χ3n) is 2.80. The molecule has 1 saturated carbocycles. The van der Waals surface area contributed by atoms with Gasteiger partial charge in [-0.15, -0.1) is 0 Å². The van der Waals surface area contributed by atoms with Crippen molar-refractivity contribution in [3.8, 4) is 0 Å². The number of hydrogen-bond donors (Lipinski definition) is 1. The molecule has 1 aliphatic carbocycles. The minimum absolute atomic E-state index is 0.166.